The molecule has 0 bridgehead atoms. The summed E-state index contributed by atoms with van der Waals surface area (Å²) in [5, 5.41) is 5.84. The van der Waals surface area contributed by atoms with E-state index in [-0.39, 0.29) is 6.03 Å². The van der Waals surface area contributed by atoms with E-state index in [1.807, 2.05) is 12.1 Å². The van der Waals surface area contributed by atoms with Gasteiger partial charge in [-0.1, -0.05) is 32.9 Å². The standard InChI is InChI=1S/C20H33N3O/c1-16(2)18-8-10-19(11-9-18)22-20(24)21-12-4-5-13-23-14-6-7-17(3)15-23/h8-11,16-17H,4-7,12-15H2,1-3H3,(H2,21,22,24)/t17-/m0/s1. The summed E-state index contributed by atoms with van der Waals surface area (Å²) < 4.78 is 0. The fourth-order valence-electron chi connectivity index (χ4n) is 3.28. The van der Waals surface area contributed by atoms with Crippen LogP contribution < -0.4 is 10.6 Å². The van der Waals surface area contributed by atoms with Gasteiger partial charge in [0.25, 0.3) is 0 Å². The van der Waals surface area contributed by atoms with Crippen molar-refractivity contribution in [2.75, 3.05) is 31.5 Å². The van der Waals surface area contributed by atoms with E-state index < -0.39 is 0 Å². The van der Waals surface area contributed by atoms with E-state index in [4.69, 9.17) is 0 Å². The topological polar surface area (TPSA) is 44.4 Å². The Kier molecular flexibility index (Phi) is 7.57. The SMILES string of the molecule is CC(C)c1ccc(NC(=O)NCCCCN2CCC[C@H](C)C2)cc1. The third-order valence-electron chi connectivity index (χ3n) is 4.76. The lowest BCUT2D eigenvalue weighted by Crippen LogP contribution is -2.35. The van der Waals surface area contributed by atoms with E-state index in [2.05, 4.69) is 48.4 Å². The van der Waals surface area contributed by atoms with E-state index in [0.29, 0.717) is 5.92 Å². The number of urea groups is 1. The van der Waals surface area contributed by atoms with Crippen LogP contribution in [0.1, 0.15) is 57.9 Å². The Balaban J connectivity index is 1.58. The monoisotopic (exact) mass is 331 g/mol. The van der Waals surface area contributed by atoms with Gasteiger partial charge < -0.3 is 15.5 Å². The smallest absolute Gasteiger partial charge is 0.319 e. The van der Waals surface area contributed by atoms with Gasteiger partial charge in [-0.2, -0.15) is 0 Å². The molecule has 0 radical (unpaired) electrons. The average molecular weight is 332 g/mol. The van der Waals surface area contributed by atoms with Gasteiger partial charge in [0, 0.05) is 18.8 Å². The van der Waals surface area contributed by atoms with Gasteiger partial charge in [0.2, 0.25) is 0 Å². The zero-order valence-electron chi connectivity index (χ0n) is 15.5. The second-order valence-electron chi connectivity index (χ2n) is 7.41. The van der Waals surface area contributed by atoms with Gasteiger partial charge in [-0.25, -0.2) is 4.79 Å². The van der Waals surface area contributed by atoms with Crippen LogP contribution in [0.25, 0.3) is 0 Å². The number of likely N-dealkylation sites (tertiary alicyclic amines) is 1. The minimum absolute atomic E-state index is 0.112. The Morgan fingerprint density at radius 3 is 2.67 bits per heavy atom. The van der Waals surface area contributed by atoms with Crippen molar-refractivity contribution in [1.82, 2.24) is 10.2 Å². The zero-order chi connectivity index (χ0) is 17.4. The van der Waals surface area contributed by atoms with Crippen LogP contribution in [0.15, 0.2) is 24.3 Å². The van der Waals surface area contributed by atoms with Crippen molar-refractivity contribution >= 4 is 11.7 Å². The highest BCUT2D eigenvalue weighted by Gasteiger charge is 2.15. The Hall–Kier alpha value is -1.55. The number of piperidine rings is 1. The number of anilines is 1. The van der Waals surface area contributed by atoms with Gasteiger partial charge >= 0.3 is 6.03 Å². The molecule has 4 heteroatoms. The number of carbonyl (C=O) groups excluding carboxylic acids is 1. The van der Waals surface area contributed by atoms with Gasteiger partial charge in [0.15, 0.2) is 0 Å². The molecule has 1 saturated heterocycles. The normalized spacial score (nSPS) is 18.6. The van der Waals surface area contributed by atoms with Gasteiger partial charge in [0.1, 0.15) is 0 Å². The Morgan fingerprint density at radius 1 is 1.25 bits per heavy atom. The van der Waals surface area contributed by atoms with Crippen LogP contribution in [0.4, 0.5) is 10.5 Å². The van der Waals surface area contributed by atoms with Gasteiger partial charge in [-0.3, -0.25) is 0 Å². The summed E-state index contributed by atoms with van der Waals surface area (Å²) in [5.74, 6) is 1.35. The summed E-state index contributed by atoms with van der Waals surface area (Å²) in [5.41, 5.74) is 2.13. The number of nitrogens with one attached hydrogen (secondary N) is 2. The predicted molar refractivity (Wildman–Crippen MR) is 102 cm³/mol. The van der Waals surface area contributed by atoms with E-state index in [9.17, 15) is 4.79 Å². The molecule has 1 aliphatic rings. The minimum Gasteiger partial charge on any atom is -0.338 e. The van der Waals surface area contributed by atoms with Crippen molar-refractivity contribution < 1.29 is 4.79 Å². The Bertz CT molecular complexity index is 498. The van der Waals surface area contributed by atoms with Crippen LogP contribution in [-0.4, -0.2) is 37.1 Å². The number of nitrogens with zero attached hydrogens (tertiary/aromatic N) is 1. The molecule has 2 rings (SSSR count). The fourth-order valence-corrected chi connectivity index (χ4v) is 3.28. The van der Waals surface area contributed by atoms with Crippen molar-refractivity contribution in [3.63, 3.8) is 0 Å². The number of hydrogen-bond acceptors (Lipinski definition) is 2. The molecule has 1 atom stereocenters. The molecule has 1 aliphatic heterocycles. The molecular weight excluding hydrogens is 298 g/mol. The molecule has 24 heavy (non-hydrogen) atoms. The first kappa shape index (κ1) is 18.8. The quantitative estimate of drug-likeness (QED) is 0.725. The highest BCUT2D eigenvalue weighted by atomic mass is 16.2. The first-order chi connectivity index (χ1) is 11.5. The van der Waals surface area contributed by atoms with Crippen LogP contribution in [0, 0.1) is 5.92 Å². The molecule has 1 aromatic carbocycles. The second kappa shape index (κ2) is 9.67. The maximum atomic E-state index is 11.9. The summed E-state index contributed by atoms with van der Waals surface area (Å²) in [7, 11) is 0. The highest BCUT2D eigenvalue weighted by molar-refractivity contribution is 5.89. The Labute approximate surface area is 147 Å². The summed E-state index contributed by atoms with van der Waals surface area (Å²) in [6.07, 6.45) is 4.88. The lowest BCUT2D eigenvalue weighted by atomic mass is 10.0. The lowest BCUT2D eigenvalue weighted by Gasteiger charge is -2.30. The molecule has 0 aliphatic carbocycles. The predicted octanol–water partition coefficient (Wildman–Crippen LogP) is 4.44. The van der Waals surface area contributed by atoms with Gasteiger partial charge in [0.05, 0.1) is 0 Å². The number of amides is 2. The largest absolute Gasteiger partial charge is 0.338 e. The van der Waals surface area contributed by atoms with Crippen molar-refractivity contribution in [1.29, 1.82) is 0 Å². The Morgan fingerprint density at radius 2 is 2.00 bits per heavy atom. The van der Waals surface area contributed by atoms with E-state index >= 15 is 0 Å². The molecule has 1 aromatic rings. The maximum Gasteiger partial charge on any atom is 0.319 e. The van der Waals surface area contributed by atoms with E-state index in [0.717, 1.165) is 37.5 Å². The molecule has 2 N–H and O–H groups in total. The second-order valence-corrected chi connectivity index (χ2v) is 7.41. The number of carbonyl (C=O) groups is 1. The summed E-state index contributed by atoms with van der Waals surface area (Å²) in [6, 6.07) is 7.96. The van der Waals surface area contributed by atoms with Gasteiger partial charge in [-0.15, -0.1) is 0 Å². The molecule has 134 valence electrons. The first-order valence-corrected chi connectivity index (χ1v) is 9.41. The fraction of sp³-hybridized carbons (Fsp3) is 0.650. The van der Waals surface area contributed by atoms with Crippen molar-refractivity contribution in [2.45, 2.75) is 52.4 Å². The molecular formula is C20H33N3O. The molecule has 1 heterocycles. The summed E-state index contributed by atoms with van der Waals surface area (Å²) in [6.45, 7) is 11.0. The third-order valence-corrected chi connectivity index (χ3v) is 4.76. The minimum atomic E-state index is -0.112. The van der Waals surface area contributed by atoms with Crippen LogP contribution in [-0.2, 0) is 0 Å². The van der Waals surface area contributed by atoms with E-state index in [1.165, 1.54) is 31.5 Å². The van der Waals surface area contributed by atoms with Crippen LogP contribution in [0.3, 0.4) is 0 Å². The number of benzene rings is 1. The van der Waals surface area contributed by atoms with Crippen LogP contribution in [0.2, 0.25) is 0 Å². The van der Waals surface area contributed by atoms with Gasteiger partial charge in [-0.05, 0) is 68.3 Å². The van der Waals surface area contributed by atoms with Crippen LogP contribution in [0.5, 0.6) is 0 Å². The molecule has 4 nitrogen and oxygen atoms in total. The molecule has 0 aromatic heterocycles. The summed E-state index contributed by atoms with van der Waals surface area (Å²) in [4.78, 5) is 14.5. The summed E-state index contributed by atoms with van der Waals surface area (Å²) >= 11 is 0. The molecule has 1 fully saturated rings. The first-order valence-electron chi connectivity index (χ1n) is 9.41. The molecule has 2 amide bonds. The van der Waals surface area contributed by atoms with Crippen molar-refractivity contribution in [3.05, 3.63) is 29.8 Å². The number of hydrogen-bond donors (Lipinski definition) is 2. The molecule has 0 unspecified atom stereocenters. The van der Waals surface area contributed by atoms with Crippen molar-refractivity contribution in [3.8, 4) is 0 Å². The van der Waals surface area contributed by atoms with Crippen molar-refractivity contribution in [2.24, 2.45) is 5.92 Å². The maximum absolute atomic E-state index is 11.9. The zero-order valence-corrected chi connectivity index (χ0v) is 15.5. The molecule has 0 spiro atoms. The molecule has 0 saturated carbocycles. The number of rotatable bonds is 7. The lowest BCUT2D eigenvalue weighted by molar-refractivity contribution is 0.181. The number of unbranched alkanes of at least 4 members (excludes halogenated alkanes) is 1. The average Bonchev–Trinajstić information content (AvgIpc) is 2.55. The van der Waals surface area contributed by atoms with E-state index in [1.54, 1.807) is 0 Å². The highest BCUT2D eigenvalue weighted by Crippen LogP contribution is 2.17. The third kappa shape index (κ3) is 6.52. The van der Waals surface area contributed by atoms with Crippen LogP contribution >= 0.6 is 0 Å².